The summed E-state index contributed by atoms with van der Waals surface area (Å²) < 4.78 is 10.6. The van der Waals surface area contributed by atoms with Crippen LogP contribution in [0.15, 0.2) is 0 Å². The number of fused-ring (bicyclic) bond motifs is 1. The Morgan fingerprint density at radius 3 is 2.78 bits per heavy atom. The molecular formula is C7H12O2. The lowest BCUT2D eigenvalue weighted by atomic mass is 9.93. The van der Waals surface area contributed by atoms with Crippen molar-refractivity contribution in [1.82, 2.24) is 0 Å². The third-order valence-electron chi connectivity index (χ3n) is 2.23. The van der Waals surface area contributed by atoms with Gasteiger partial charge < -0.3 is 9.47 Å². The lowest BCUT2D eigenvalue weighted by Gasteiger charge is -2.34. The zero-order valence-corrected chi connectivity index (χ0v) is 5.51. The summed E-state index contributed by atoms with van der Waals surface area (Å²) in [4.78, 5) is 0. The third-order valence-corrected chi connectivity index (χ3v) is 2.23. The molecule has 0 aromatic carbocycles. The summed E-state index contributed by atoms with van der Waals surface area (Å²) in [7, 11) is 0. The van der Waals surface area contributed by atoms with Crippen molar-refractivity contribution < 1.29 is 9.47 Å². The number of rotatable bonds is 0. The van der Waals surface area contributed by atoms with E-state index in [0.717, 1.165) is 32.2 Å². The Morgan fingerprint density at radius 2 is 2.00 bits per heavy atom. The van der Waals surface area contributed by atoms with E-state index < -0.39 is 0 Å². The van der Waals surface area contributed by atoms with Crippen molar-refractivity contribution in [2.45, 2.75) is 18.9 Å². The Hall–Kier alpha value is -0.0800. The molecule has 2 heteroatoms. The molecule has 9 heavy (non-hydrogen) atoms. The van der Waals surface area contributed by atoms with E-state index in [4.69, 9.17) is 9.47 Å². The molecule has 0 aromatic rings. The summed E-state index contributed by atoms with van der Waals surface area (Å²) in [6.07, 6.45) is 2.88. The molecule has 0 radical (unpaired) electrons. The molecule has 2 fully saturated rings. The summed E-state index contributed by atoms with van der Waals surface area (Å²) >= 11 is 0. The van der Waals surface area contributed by atoms with E-state index in [1.54, 1.807) is 0 Å². The van der Waals surface area contributed by atoms with Crippen molar-refractivity contribution in [1.29, 1.82) is 0 Å². The zero-order valence-electron chi connectivity index (χ0n) is 5.51. The molecule has 52 valence electrons. The zero-order chi connectivity index (χ0) is 6.10. The van der Waals surface area contributed by atoms with Gasteiger partial charge in [0.2, 0.25) is 0 Å². The fraction of sp³-hybridized carbons (Fsp3) is 1.00. The van der Waals surface area contributed by atoms with Gasteiger partial charge in [-0.25, -0.2) is 0 Å². The first-order chi connectivity index (χ1) is 4.47. The van der Waals surface area contributed by atoms with E-state index in [0.29, 0.717) is 6.10 Å². The average molecular weight is 128 g/mol. The maximum Gasteiger partial charge on any atom is 0.0648 e. The molecule has 0 amide bonds. The van der Waals surface area contributed by atoms with Crippen LogP contribution in [-0.4, -0.2) is 25.9 Å². The summed E-state index contributed by atoms with van der Waals surface area (Å²) in [5, 5.41) is 0. The van der Waals surface area contributed by atoms with Gasteiger partial charge in [0.15, 0.2) is 0 Å². The maximum absolute atomic E-state index is 5.33. The predicted octanol–water partition coefficient (Wildman–Crippen LogP) is 0.812. The van der Waals surface area contributed by atoms with Gasteiger partial charge in [0.1, 0.15) is 0 Å². The van der Waals surface area contributed by atoms with Crippen LogP contribution >= 0.6 is 0 Å². The average Bonchev–Trinajstić information content (AvgIpc) is 1.94. The van der Waals surface area contributed by atoms with E-state index in [1.807, 2.05) is 0 Å². The molecule has 0 saturated carbocycles. The number of hydrogen-bond acceptors (Lipinski definition) is 2. The van der Waals surface area contributed by atoms with Gasteiger partial charge in [-0.15, -0.1) is 0 Å². The molecule has 2 rings (SSSR count). The molecule has 2 unspecified atom stereocenters. The quantitative estimate of drug-likeness (QED) is 0.480. The molecule has 0 N–H and O–H groups in total. The molecule has 2 saturated heterocycles. The van der Waals surface area contributed by atoms with E-state index >= 15 is 0 Å². The monoisotopic (exact) mass is 128 g/mol. The van der Waals surface area contributed by atoms with Crippen LogP contribution in [-0.2, 0) is 9.47 Å². The van der Waals surface area contributed by atoms with Gasteiger partial charge in [-0.2, -0.15) is 0 Å². The highest BCUT2D eigenvalue weighted by molar-refractivity contribution is 4.79. The Labute approximate surface area is 55.1 Å². The Morgan fingerprint density at radius 1 is 1.11 bits per heavy atom. The van der Waals surface area contributed by atoms with Gasteiger partial charge >= 0.3 is 0 Å². The summed E-state index contributed by atoms with van der Waals surface area (Å²) in [6, 6.07) is 0. The minimum Gasteiger partial charge on any atom is -0.381 e. The second-order valence-electron chi connectivity index (χ2n) is 2.82. The van der Waals surface area contributed by atoms with E-state index in [9.17, 15) is 0 Å². The van der Waals surface area contributed by atoms with Crippen LogP contribution in [0, 0.1) is 5.92 Å². The highest BCUT2D eigenvalue weighted by Crippen LogP contribution is 2.28. The van der Waals surface area contributed by atoms with Gasteiger partial charge in [-0.3, -0.25) is 0 Å². The smallest absolute Gasteiger partial charge is 0.0648 e. The van der Waals surface area contributed by atoms with Crippen LogP contribution in [0.25, 0.3) is 0 Å². The summed E-state index contributed by atoms with van der Waals surface area (Å²) in [5.74, 6) is 0.826. The fourth-order valence-corrected chi connectivity index (χ4v) is 1.49. The topological polar surface area (TPSA) is 18.5 Å². The van der Waals surface area contributed by atoms with Crippen molar-refractivity contribution in [2.24, 2.45) is 5.92 Å². The molecular weight excluding hydrogens is 116 g/mol. The minimum absolute atomic E-state index is 0.549. The van der Waals surface area contributed by atoms with Crippen molar-refractivity contribution >= 4 is 0 Å². The van der Waals surface area contributed by atoms with Crippen LogP contribution in [0.3, 0.4) is 0 Å². The predicted molar refractivity (Wildman–Crippen MR) is 33.3 cm³/mol. The van der Waals surface area contributed by atoms with Crippen molar-refractivity contribution in [3.63, 3.8) is 0 Å². The first-order valence-corrected chi connectivity index (χ1v) is 3.66. The van der Waals surface area contributed by atoms with Crippen LogP contribution in [0.1, 0.15) is 12.8 Å². The molecule has 0 spiro atoms. The highest BCUT2D eigenvalue weighted by Gasteiger charge is 2.32. The molecule has 0 aliphatic carbocycles. The van der Waals surface area contributed by atoms with Crippen LogP contribution in [0.5, 0.6) is 0 Å². The van der Waals surface area contributed by atoms with Crippen molar-refractivity contribution in [3.05, 3.63) is 0 Å². The number of ether oxygens (including phenoxy) is 2. The minimum atomic E-state index is 0.549. The van der Waals surface area contributed by atoms with E-state index in [1.165, 1.54) is 6.42 Å². The van der Waals surface area contributed by atoms with Gasteiger partial charge in [0, 0.05) is 19.1 Å². The maximum atomic E-state index is 5.33. The van der Waals surface area contributed by atoms with Gasteiger partial charge in [-0.1, -0.05) is 0 Å². The van der Waals surface area contributed by atoms with Crippen molar-refractivity contribution in [2.75, 3.05) is 19.8 Å². The normalized spacial score (nSPS) is 42.7. The largest absolute Gasteiger partial charge is 0.381 e. The Balaban J connectivity index is 1.90. The first kappa shape index (κ1) is 5.69. The summed E-state index contributed by atoms with van der Waals surface area (Å²) in [6.45, 7) is 2.83. The highest BCUT2D eigenvalue weighted by atomic mass is 16.5. The Kier molecular flexibility index (Phi) is 1.44. The van der Waals surface area contributed by atoms with E-state index in [2.05, 4.69) is 0 Å². The number of hydrogen-bond donors (Lipinski definition) is 0. The molecule has 2 aliphatic rings. The molecule has 2 aliphatic heterocycles. The molecule has 2 nitrogen and oxygen atoms in total. The lowest BCUT2D eigenvalue weighted by Crippen LogP contribution is -2.39. The van der Waals surface area contributed by atoms with Gasteiger partial charge in [0.05, 0.1) is 12.7 Å². The fourth-order valence-electron chi connectivity index (χ4n) is 1.49. The molecule has 0 aromatic heterocycles. The second-order valence-corrected chi connectivity index (χ2v) is 2.82. The molecule has 2 atom stereocenters. The standard InChI is InChI=1S/C7H12O2/c1-3-8-4-2-7-6(1)5-9-7/h6-7H,1-5H2. The summed E-state index contributed by atoms with van der Waals surface area (Å²) in [5.41, 5.74) is 0. The third kappa shape index (κ3) is 0.970. The molecule has 0 bridgehead atoms. The van der Waals surface area contributed by atoms with E-state index in [-0.39, 0.29) is 0 Å². The SMILES string of the molecule is C1CC2COC2CCO1. The first-order valence-electron chi connectivity index (χ1n) is 3.66. The van der Waals surface area contributed by atoms with Crippen molar-refractivity contribution in [3.8, 4) is 0 Å². The lowest BCUT2D eigenvalue weighted by molar-refractivity contribution is -0.114. The van der Waals surface area contributed by atoms with Crippen LogP contribution in [0.2, 0.25) is 0 Å². The van der Waals surface area contributed by atoms with Crippen LogP contribution in [0.4, 0.5) is 0 Å². The van der Waals surface area contributed by atoms with Gasteiger partial charge in [-0.05, 0) is 12.8 Å². The van der Waals surface area contributed by atoms with Crippen LogP contribution < -0.4 is 0 Å². The van der Waals surface area contributed by atoms with Gasteiger partial charge in [0.25, 0.3) is 0 Å². The Bertz CT molecular complexity index is 91.1. The second kappa shape index (κ2) is 2.27. The molecule has 2 heterocycles.